The number of benzene rings is 1. The number of amides is 1. The fourth-order valence-electron chi connectivity index (χ4n) is 1.90. The molecule has 2 rings (SSSR count). The normalized spacial score (nSPS) is 10.3. The van der Waals surface area contributed by atoms with Crippen LogP contribution in [-0.4, -0.2) is 28.2 Å². The van der Waals surface area contributed by atoms with Crippen molar-refractivity contribution in [3.05, 3.63) is 46.4 Å². The summed E-state index contributed by atoms with van der Waals surface area (Å²) in [5.41, 5.74) is 1.13. The first kappa shape index (κ1) is 17.1. The van der Waals surface area contributed by atoms with E-state index in [9.17, 15) is 9.59 Å². The summed E-state index contributed by atoms with van der Waals surface area (Å²) in [6, 6.07) is 8.72. The minimum absolute atomic E-state index is 0.149. The lowest BCUT2D eigenvalue weighted by atomic mass is 10.3. The number of hydrogen-bond donors (Lipinski definition) is 2. The number of H-pyrrole nitrogens is 1. The number of aromatic nitrogens is 2. The lowest BCUT2D eigenvalue weighted by molar-refractivity contribution is -0.113. The van der Waals surface area contributed by atoms with Crippen LogP contribution < -0.4 is 15.6 Å². The Morgan fingerprint density at radius 3 is 2.87 bits per heavy atom. The summed E-state index contributed by atoms with van der Waals surface area (Å²) in [5.74, 6) is 0.593. The second-order valence-electron chi connectivity index (χ2n) is 4.66. The highest BCUT2D eigenvalue weighted by Crippen LogP contribution is 2.24. The molecule has 1 amide bonds. The molecule has 0 radical (unpaired) electrons. The quantitative estimate of drug-likeness (QED) is 0.601. The molecule has 0 aliphatic carbocycles. The molecule has 1 aromatic heterocycles. The monoisotopic (exact) mass is 333 g/mol. The molecule has 0 atom stereocenters. The number of hydrogen-bond acceptors (Lipinski definition) is 5. The van der Waals surface area contributed by atoms with Gasteiger partial charge in [0.2, 0.25) is 5.91 Å². The molecule has 0 spiro atoms. The minimum atomic E-state index is -0.207. The van der Waals surface area contributed by atoms with E-state index in [0.29, 0.717) is 35.3 Å². The van der Waals surface area contributed by atoms with Crippen LogP contribution in [0.15, 0.2) is 40.3 Å². The Balaban J connectivity index is 1.98. The van der Waals surface area contributed by atoms with E-state index in [0.717, 1.165) is 0 Å². The summed E-state index contributed by atoms with van der Waals surface area (Å²) in [4.78, 5) is 30.5. The largest absolute Gasteiger partial charge is 0.492 e. The number of ether oxygens (including phenoxy) is 1. The Hall–Kier alpha value is -2.28. The van der Waals surface area contributed by atoms with Crippen LogP contribution in [-0.2, 0) is 11.2 Å². The van der Waals surface area contributed by atoms with Gasteiger partial charge in [-0.05, 0) is 25.5 Å². The van der Waals surface area contributed by atoms with Gasteiger partial charge in [-0.25, -0.2) is 4.98 Å². The molecule has 1 heterocycles. The first-order chi connectivity index (χ1) is 11.1. The highest BCUT2D eigenvalue weighted by molar-refractivity contribution is 7.99. The smallest absolute Gasteiger partial charge is 0.251 e. The average Bonchev–Trinajstić information content (AvgIpc) is 2.54. The SMILES string of the molecule is CCOc1ccccc1NC(=O)CSc1nc(CC)cc(=O)[nH]1. The first-order valence-electron chi connectivity index (χ1n) is 7.37. The molecule has 0 saturated heterocycles. The molecule has 0 fully saturated rings. The number of rotatable bonds is 7. The van der Waals surface area contributed by atoms with E-state index < -0.39 is 0 Å². The molecule has 23 heavy (non-hydrogen) atoms. The van der Waals surface area contributed by atoms with E-state index in [4.69, 9.17) is 4.74 Å². The highest BCUT2D eigenvalue weighted by atomic mass is 32.2. The van der Waals surface area contributed by atoms with Crippen LogP contribution in [0.4, 0.5) is 5.69 Å². The predicted octanol–water partition coefficient (Wildman–Crippen LogP) is 2.46. The third kappa shape index (κ3) is 5.14. The van der Waals surface area contributed by atoms with Crippen molar-refractivity contribution in [3.8, 4) is 5.75 Å². The third-order valence-corrected chi connectivity index (χ3v) is 3.81. The lowest BCUT2D eigenvalue weighted by Gasteiger charge is -2.11. The molecule has 0 aliphatic rings. The van der Waals surface area contributed by atoms with Crippen molar-refractivity contribution in [2.45, 2.75) is 25.4 Å². The number of nitrogens with one attached hydrogen (secondary N) is 2. The van der Waals surface area contributed by atoms with Gasteiger partial charge in [0.25, 0.3) is 5.56 Å². The van der Waals surface area contributed by atoms with Crippen LogP contribution in [0, 0.1) is 0 Å². The zero-order valence-electron chi connectivity index (χ0n) is 13.1. The summed E-state index contributed by atoms with van der Waals surface area (Å²) in [6.45, 7) is 4.33. The Kier molecular flexibility index (Phi) is 6.22. The van der Waals surface area contributed by atoms with Crippen molar-refractivity contribution in [1.82, 2.24) is 9.97 Å². The van der Waals surface area contributed by atoms with Crippen molar-refractivity contribution in [2.75, 3.05) is 17.7 Å². The topological polar surface area (TPSA) is 84.1 Å². The fraction of sp³-hybridized carbons (Fsp3) is 0.312. The van der Waals surface area contributed by atoms with Gasteiger partial charge in [0, 0.05) is 11.8 Å². The minimum Gasteiger partial charge on any atom is -0.492 e. The number of aromatic amines is 1. The third-order valence-electron chi connectivity index (χ3n) is 2.94. The zero-order valence-corrected chi connectivity index (χ0v) is 13.9. The second kappa shape index (κ2) is 8.38. The summed E-state index contributed by atoms with van der Waals surface area (Å²) in [6.07, 6.45) is 0.672. The molecule has 2 aromatic rings. The molecule has 2 N–H and O–H groups in total. The average molecular weight is 333 g/mol. The van der Waals surface area contributed by atoms with Crippen molar-refractivity contribution in [1.29, 1.82) is 0 Å². The van der Waals surface area contributed by atoms with Crippen LogP contribution in [0.5, 0.6) is 5.75 Å². The molecule has 0 aliphatic heterocycles. The number of carbonyl (C=O) groups excluding carboxylic acids is 1. The van der Waals surface area contributed by atoms with Crippen molar-refractivity contribution in [2.24, 2.45) is 0 Å². The van der Waals surface area contributed by atoms with Gasteiger partial charge < -0.3 is 15.0 Å². The first-order valence-corrected chi connectivity index (χ1v) is 8.35. The van der Waals surface area contributed by atoms with E-state index in [1.54, 1.807) is 12.1 Å². The van der Waals surface area contributed by atoms with E-state index in [1.165, 1.54) is 17.8 Å². The molecular formula is C16H19N3O3S. The molecule has 7 heteroatoms. The Morgan fingerprint density at radius 2 is 2.13 bits per heavy atom. The lowest BCUT2D eigenvalue weighted by Crippen LogP contribution is -2.16. The second-order valence-corrected chi connectivity index (χ2v) is 5.63. The van der Waals surface area contributed by atoms with E-state index in [2.05, 4.69) is 15.3 Å². The van der Waals surface area contributed by atoms with Gasteiger partial charge in [0.15, 0.2) is 5.16 Å². The Bertz CT molecular complexity index is 731. The number of thioether (sulfide) groups is 1. The van der Waals surface area contributed by atoms with Gasteiger partial charge in [-0.1, -0.05) is 30.8 Å². The van der Waals surface area contributed by atoms with Crippen LogP contribution in [0.1, 0.15) is 19.5 Å². The number of para-hydroxylation sites is 2. The van der Waals surface area contributed by atoms with Gasteiger partial charge in [-0.3, -0.25) is 9.59 Å². The summed E-state index contributed by atoms with van der Waals surface area (Å²) in [7, 11) is 0. The Morgan fingerprint density at radius 1 is 1.35 bits per heavy atom. The summed E-state index contributed by atoms with van der Waals surface area (Å²) in [5, 5.41) is 3.25. The van der Waals surface area contributed by atoms with Crippen molar-refractivity contribution >= 4 is 23.4 Å². The zero-order chi connectivity index (χ0) is 16.7. The summed E-state index contributed by atoms with van der Waals surface area (Å²) < 4.78 is 5.47. The molecule has 1 aromatic carbocycles. The van der Waals surface area contributed by atoms with Gasteiger partial charge >= 0.3 is 0 Å². The van der Waals surface area contributed by atoms with Crippen molar-refractivity contribution in [3.63, 3.8) is 0 Å². The maximum absolute atomic E-state index is 12.1. The molecule has 0 bridgehead atoms. The van der Waals surface area contributed by atoms with Gasteiger partial charge in [0.1, 0.15) is 5.75 Å². The van der Waals surface area contributed by atoms with Crippen LogP contribution in [0.25, 0.3) is 0 Å². The molecule has 122 valence electrons. The molecule has 6 nitrogen and oxygen atoms in total. The number of anilines is 1. The van der Waals surface area contributed by atoms with E-state index >= 15 is 0 Å². The number of carbonyl (C=O) groups is 1. The highest BCUT2D eigenvalue weighted by Gasteiger charge is 2.09. The maximum atomic E-state index is 12.1. The van der Waals surface area contributed by atoms with Gasteiger partial charge in [-0.2, -0.15) is 0 Å². The van der Waals surface area contributed by atoms with Crippen LogP contribution in [0.2, 0.25) is 0 Å². The molecule has 0 saturated carbocycles. The van der Waals surface area contributed by atoms with E-state index in [-0.39, 0.29) is 17.2 Å². The van der Waals surface area contributed by atoms with Gasteiger partial charge in [-0.15, -0.1) is 0 Å². The number of aryl methyl sites for hydroxylation is 1. The fourth-order valence-corrected chi connectivity index (χ4v) is 2.60. The van der Waals surface area contributed by atoms with Crippen LogP contribution >= 0.6 is 11.8 Å². The Labute approximate surface area is 138 Å². The predicted molar refractivity (Wildman–Crippen MR) is 91.2 cm³/mol. The van der Waals surface area contributed by atoms with Gasteiger partial charge in [0.05, 0.1) is 18.0 Å². The van der Waals surface area contributed by atoms with Crippen LogP contribution in [0.3, 0.4) is 0 Å². The standard InChI is InChI=1S/C16H19N3O3S/c1-3-11-9-14(20)19-16(17-11)23-10-15(21)18-12-7-5-6-8-13(12)22-4-2/h5-9H,3-4,10H2,1-2H3,(H,18,21)(H,17,19,20). The summed E-state index contributed by atoms with van der Waals surface area (Å²) >= 11 is 1.19. The molecular weight excluding hydrogens is 314 g/mol. The number of nitrogens with zero attached hydrogens (tertiary/aromatic N) is 1. The van der Waals surface area contributed by atoms with E-state index in [1.807, 2.05) is 26.0 Å². The van der Waals surface area contributed by atoms with Crippen molar-refractivity contribution < 1.29 is 9.53 Å². The maximum Gasteiger partial charge on any atom is 0.251 e. The molecule has 0 unspecified atom stereocenters.